The number of alkyl halides is 7. The molecule has 22 rings (SSSR count). The molecular formula is C62H68F7N29O25P6S9. The number of aliphatic imine (C=N–C) groups is 2. The van der Waals surface area contributed by atoms with Crippen molar-refractivity contribution in [2.75, 3.05) is 74.9 Å². The molecule has 0 amide bonds. The van der Waals surface area contributed by atoms with Gasteiger partial charge in [-0.2, -0.15) is 41.9 Å². The summed E-state index contributed by atoms with van der Waals surface area (Å²) >= 11 is 32.7. The molecule has 10 aromatic rings. The zero-order valence-corrected chi connectivity index (χ0v) is 81.1. The quantitative estimate of drug-likeness (QED) is 0.0642. The minimum atomic E-state index is -4.68. The van der Waals surface area contributed by atoms with Gasteiger partial charge < -0.3 is 105 Å². The molecule has 0 aromatic carbocycles. The molecule has 10 fully saturated rings. The number of hydrogen-bond donors (Lipinski definition) is 15. The molecule has 22 heterocycles. The van der Waals surface area contributed by atoms with Crippen molar-refractivity contribution in [2.45, 2.75) is 154 Å². The summed E-state index contributed by atoms with van der Waals surface area (Å²) < 4.78 is 221. The first-order valence-electron chi connectivity index (χ1n) is 39.7. The molecular weight excluding hydrogens is 2160 g/mol. The van der Waals surface area contributed by atoms with E-state index in [9.17, 15) is 43.4 Å². The van der Waals surface area contributed by atoms with Crippen molar-refractivity contribution in [3.05, 3.63) is 86.3 Å². The molecule has 10 saturated heterocycles. The van der Waals surface area contributed by atoms with Gasteiger partial charge in [0.25, 0.3) is 16.7 Å². The van der Waals surface area contributed by atoms with Gasteiger partial charge in [0.15, 0.2) is 80.4 Å². The Labute approximate surface area is 806 Å². The second-order valence-electron chi connectivity index (χ2n) is 31.7. The number of nitrogens with one attached hydrogen (secondary N) is 3. The number of imidazole rings is 3. The molecule has 12 aliphatic heterocycles. The highest BCUT2D eigenvalue weighted by atomic mass is 32.7. The first kappa shape index (κ1) is 98.8. The number of hydrogen-bond acceptors (Lipinski definition) is 49. The Morgan fingerprint density at radius 1 is 0.493 bits per heavy atom. The topological polar surface area (TPSA) is 728 Å². The van der Waals surface area contributed by atoms with Gasteiger partial charge in [-0.05, 0) is 77.2 Å². The third kappa shape index (κ3) is 18.3. The van der Waals surface area contributed by atoms with Gasteiger partial charge in [-0.1, -0.05) is 22.7 Å². The Morgan fingerprint density at radius 3 is 1.33 bits per heavy atom. The van der Waals surface area contributed by atoms with Crippen LogP contribution in [0.4, 0.5) is 60.0 Å². The maximum atomic E-state index is 16.1. The maximum Gasteiger partial charge on any atom is 0.386 e. The number of anilines is 5. The van der Waals surface area contributed by atoms with Crippen LogP contribution in [0.5, 0.6) is 0 Å². The fraction of sp³-hybridized carbons (Fsp3) is 0.532. The number of thioether (sulfide) groups is 3. The predicted octanol–water partition coefficient (Wildman–Crippen LogP) is 1.90. The molecule has 20 N–H and O–H groups in total. The average Bonchev–Trinajstić information content (AvgIpc) is 1.55. The molecule has 0 radical (unpaired) electrons. The zero-order chi connectivity index (χ0) is 97.7. The lowest BCUT2D eigenvalue weighted by atomic mass is 10.0. The second-order valence-corrected chi connectivity index (χ2v) is 52.6. The van der Waals surface area contributed by atoms with Crippen molar-refractivity contribution in [2.24, 2.45) is 15.7 Å². The minimum absolute atomic E-state index is 0.0140. The predicted molar refractivity (Wildman–Crippen MR) is 491 cm³/mol. The van der Waals surface area contributed by atoms with Crippen LogP contribution in [-0.2, 0) is 137 Å². The number of aromatic amines is 3. The molecule has 54 nitrogen and oxygen atoms in total. The van der Waals surface area contributed by atoms with E-state index in [1.165, 1.54) is 57.2 Å². The number of rotatable bonds is 6. The molecule has 0 saturated carbocycles. The number of fused-ring (bicyclic) bond motifs is 14. The van der Waals surface area contributed by atoms with E-state index in [-0.39, 0.29) is 91.6 Å². The number of nitrogens with zero attached hydrogens (tertiary/aromatic N) is 20. The lowest BCUT2D eigenvalue weighted by Crippen LogP contribution is -2.52. The van der Waals surface area contributed by atoms with Gasteiger partial charge in [-0.3, -0.25) is 84.7 Å². The van der Waals surface area contributed by atoms with Crippen molar-refractivity contribution < 1.29 is 133 Å². The lowest BCUT2D eigenvalue weighted by Gasteiger charge is -2.37. The van der Waals surface area contributed by atoms with Crippen LogP contribution in [0, 0.1) is 0 Å². The summed E-state index contributed by atoms with van der Waals surface area (Å²) in [5.74, 6) is -8.68. The Kier molecular flexibility index (Phi) is 26.2. The molecule has 10 aromatic heterocycles. The summed E-state index contributed by atoms with van der Waals surface area (Å²) in [5, 5.41) is 8.44. The third-order valence-electron chi connectivity index (χ3n) is 22.9. The van der Waals surface area contributed by atoms with Crippen LogP contribution >= 0.6 is 87.9 Å². The monoisotopic (exact) mass is 2230 g/mol. The minimum Gasteiger partial charge on any atom is -0.400 e. The van der Waals surface area contributed by atoms with Crippen LogP contribution in [0.25, 0.3) is 55.8 Å². The Morgan fingerprint density at radius 2 is 0.891 bits per heavy atom. The van der Waals surface area contributed by atoms with Crippen LogP contribution in [0.2, 0.25) is 0 Å². The summed E-state index contributed by atoms with van der Waals surface area (Å²) in [6.45, 7) is -30.5. The van der Waals surface area contributed by atoms with Gasteiger partial charge in [-0.25, -0.2) is 42.7 Å². The van der Waals surface area contributed by atoms with Gasteiger partial charge in [-0.15, -0.1) is 45.5 Å². The largest absolute Gasteiger partial charge is 0.400 e. The summed E-state index contributed by atoms with van der Waals surface area (Å²) in [6, 6.07) is 2.35. The fourth-order valence-corrected chi connectivity index (χ4v) is 30.3. The average molecular weight is 2230 g/mol. The first-order chi connectivity index (χ1) is 65.1. The maximum absolute atomic E-state index is 16.1. The Hall–Kier alpha value is -6.62. The molecule has 76 heteroatoms. The number of aromatic nitrogens is 20. The normalized spacial score (nSPS) is 39.5. The number of ether oxygens (including phenoxy) is 4. The van der Waals surface area contributed by atoms with Crippen LogP contribution in [0.15, 0.2) is 79.6 Å². The van der Waals surface area contributed by atoms with Crippen molar-refractivity contribution in [3.8, 4) is 0 Å². The molecule has 138 heavy (non-hydrogen) atoms. The van der Waals surface area contributed by atoms with Crippen LogP contribution in [0.3, 0.4) is 0 Å². The number of halogens is 7. The Balaban J connectivity index is 0.000000128. The van der Waals surface area contributed by atoms with Gasteiger partial charge in [0.05, 0.1) is 98.7 Å². The Bertz CT molecular complexity index is 6880. The zero-order valence-electron chi connectivity index (χ0n) is 68.4. The number of allylic oxidation sites excluding steroid dienone is 1. The van der Waals surface area contributed by atoms with E-state index >= 15 is 30.7 Å². The smallest absolute Gasteiger partial charge is 0.386 e. The van der Waals surface area contributed by atoms with Crippen molar-refractivity contribution in [1.29, 1.82) is 0 Å². The molecule has 30 atom stereocenters. The van der Waals surface area contributed by atoms with E-state index in [2.05, 4.69) is 97.7 Å². The highest BCUT2D eigenvalue weighted by Gasteiger charge is 2.69. The van der Waals surface area contributed by atoms with E-state index in [4.69, 9.17) is 167 Å². The second kappa shape index (κ2) is 36.5. The van der Waals surface area contributed by atoms with Crippen molar-refractivity contribution in [1.82, 2.24) is 103 Å². The summed E-state index contributed by atoms with van der Waals surface area (Å²) in [4.78, 5) is 143. The number of nitrogen functional groups attached to an aromatic ring is 5. The van der Waals surface area contributed by atoms with E-state index in [1.54, 1.807) is 23.5 Å². The number of nitrogens with two attached hydrogens (primary N) is 6. The fourth-order valence-electron chi connectivity index (χ4n) is 16.7. The lowest BCUT2D eigenvalue weighted by molar-refractivity contribution is -0.194. The van der Waals surface area contributed by atoms with E-state index in [0.29, 0.717) is 15.1 Å². The van der Waals surface area contributed by atoms with Crippen LogP contribution in [0.1, 0.15) is 28.6 Å². The summed E-state index contributed by atoms with van der Waals surface area (Å²) in [7, 11) is 0. The summed E-state index contributed by atoms with van der Waals surface area (Å²) in [6.07, 6.45) is -15.4. The highest BCUT2D eigenvalue weighted by molar-refractivity contribution is 8.44. The summed E-state index contributed by atoms with van der Waals surface area (Å²) in [5.41, 5.74) is 31.8. The van der Waals surface area contributed by atoms with E-state index in [0.717, 1.165) is 35.3 Å². The van der Waals surface area contributed by atoms with E-state index < -0.39 is 250 Å². The number of pyridine rings is 2. The van der Waals surface area contributed by atoms with Crippen molar-refractivity contribution in [3.63, 3.8) is 0 Å². The number of thiol groups is 1. The van der Waals surface area contributed by atoms with Gasteiger partial charge in [0, 0.05) is 24.3 Å². The molecule has 0 aliphatic carbocycles. The van der Waals surface area contributed by atoms with E-state index in [1.807, 2.05) is 0 Å². The molecule has 744 valence electrons. The standard InChI is InChI=1S/C22H26FN9O9P2S3.2C20H21F3N10O8P2S3/c23-10-9-3-37-42(34,44)41-15-14-19(31-6-27-11-8(24)1-2-26-16(11)31)39-22(15,4-36-14)5-38-43(35,45)40-13(10)20(46-9)32-7-28-12-17(32)29-21(25)30-18(12)33;2*21-9-8-4-38-43(36,45)41-13-7(39-18(20(13,22)23)33-14-10(30-31-33)6(24)1-2-26-14)3-37-42(35,44)40-12(9)17(46-8)32-5-27-11-15(32)28-19(25)29-16(11)34/h1-2,6-7,9-11,13-16,19-20H,3-5,24H2,(H,34,44)(H,35,45)(H3,25,29,30,33);2*1-2,5,7-9,12-13,17-18H,3-4H2,(H2,24,26)(H,35,44)(H,36,45)(H3,25,28,29,34)/t9-,10+,11?,13-,14-,15+,16?,19-,20-,22-,42?,43?;2*7-,8-,9+,12-,13-,17-,18-,42?,43?/m111/s1. The van der Waals surface area contributed by atoms with Gasteiger partial charge >= 0.3 is 52.2 Å². The molecule has 0 spiro atoms. The van der Waals surface area contributed by atoms with Gasteiger partial charge in [0.1, 0.15) is 89.0 Å². The van der Waals surface area contributed by atoms with Crippen LogP contribution < -0.4 is 51.1 Å². The van der Waals surface area contributed by atoms with Crippen molar-refractivity contribution >= 4 is 245 Å². The molecule has 12 aliphatic rings. The SMILES string of the molecule is NC1=CC=NC2C1N=CN2[C@@H]1O[C@@]23CO[C@@H]1[C@@H]2OP(O)(=S)OC[C@H]1S[C@@H](n2cnc4c(=O)[nH]c(N)nc42)[C@H](OP(O)(=S)OC3)[C@H]1F.Nc1nc2c(ncn2[C@@H]2S[C@@H]3COP(=O)(S)O[C@@H]4[C@@H](COP(O)(=S)O[C@@H]2[C@H]3F)O[C@@H](n2nnc3c(N)ccnc32)C4(F)F)c(=O)[nH]1.Nc1nc2c(ncn2[C@@H]2S[C@@H]3COP(O)(=S)O[C@@H]4[C@@H](COP(O)(=S)O[C@@H]2[C@H]3F)O[C@@H](n2nnc3c(N)ccnc32)C4(F)F)c(=O)[nH]1. The first-order valence-corrected chi connectivity index (χ1v) is 58.2. The van der Waals surface area contributed by atoms with Crippen LogP contribution in [-0.4, -0.2) is 312 Å². The highest BCUT2D eigenvalue weighted by Crippen LogP contribution is 2.66. The molecule has 8 unspecified atom stereocenters. The third-order valence-corrected chi connectivity index (χ3v) is 36.9. The number of dihydropyridines is 1. The molecule has 8 bridgehead atoms. The van der Waals surface area contributed by atoms with Gasteiger partial charge in [0.2, 0.25) is 30.3 Å². The number of H-pyrrole nitrogens is 3.